The highest BCUT2D eigenvalue weighted by molar-refractivity contribution is 7.90. The van der Waals surface area contributed by atoms with Gasteiger partial charge < -0.3 is 10.1 Å². The molecule has 0 saturated carbocycles. The van der Waals surface area contributed by atoms with Gasteiger partial charge in [0.1, 0.15) is 15.5 Å². The maximum Gasteiger partial charge on any atom is 0.353 e. The quantitative estimate of drug-likeness (QED) is 0.552. The minimum atomic E-state index is -3.67. The van der Waals surface area contributed by atoms with E-state index in [1.165, 1.54) is 17.4 Å². The number of benzene rings is 2. The fraction of sp³-hybridized carbons (Fsp3) is 0. The molecule has 2 heterocycles. The Balaban J connectivity index is 1.51. The standard InChI is InChI=1S/C18H12N2O4S2/c21-18(15-5-3-11-25-15)24-13-9-7-12(8-10-13)19-17-14-4-1-2-6-16(14)26(22,23)20-17/h1-11H,(H,19,20). The summed E-state index contributed by atoms with van der Waals surface area (Å²) >= 11 is 1.31. The lowest BCUT2D eigenvalue weighted by atomic mass is 10.2. The van der Waals surface area contributed by atoms with E-state index in [1.54, 1.807) is 60.0 Å². The first-order chi connectivity index (χ1) is 12.5. The van der Waals surface area contributed by atoms with Gasteiger partial charge in [-0.2, -0.15) is 8.42 Å². The number of ether oxygens (including phenoxy) is 1. The van der Waals surface area contributed by atoms with Gasteiger partial charge in [-0.25, -0.2) is 4.79 Å². The Morgan fingerprint density at radius 3 is 2.50 bits per heavy atom. The number of hydrogen-bond acceptors (Lipinski definition) is 6. The maximum absolute atomic E-state index is 12.1. The van der Waals surface area contributed by atoms with Gasteiger partial charge in [0, 0.05) is 11.3 Å². The van der Waals surface area contributed by atoms with E-state index in [0.717, 1.165) is 0 Å². The van der Waals surface area contributed by atoms with Crippen molar-refractivity contribution in [3.05, 3.63) is 76.5 Å². The van der Waals surface area contributed by atoms with E-state index >= 15 is 0 Å². The van der Waals surface area contributed by atoms with Gasteiger partial charge in [0.2, 0.25) is 0 Å². The van der Waals surface area contributed by atoms with Crippen molar-refractivity contribution >= 4 is 38.9 Å². The number of carbonyl (C=O) groups excluding carboxylic acids is 1. The Kier molecular flexibility index (Phi) is 4.06. The molecule has 8 heteroatoms. The van der Waals surface area contributed by atoms with E-state index in [9.17, 15) is 13.2 Å². The SMILES string of the molecule is O=C(Oc1ccc(NC2=NS(=O)(=O)c3ccccc32)cc1)c1cccs1. The van der Waals surface area contributed by atoms with Gasteiger partial charge in [-0.05, 0) is 47.8 Å². The minimum absolute atomic E-state index is 0.184. The minimum Gasteiger partial charge on any atom is -0.422 e. The van der Waals surface area contributed by atoms with E-state index in [0.29, 0.717) is 21.9 Å². The number of amidine groups is 1. The molecule has 0 atom stereocenters. The topological polar surface area (TPSA) is 84.8 Å². The summed E-state index contributed by atoms with van der Waals surface area (Å²) in [7, 11) is -3.67. The van der Waals surface area contributed by atoms with Crippen LogP contribution in [-0.4, -0.2) is 20.2 Å². The van der Waals surface area contributed by atoms with Crippen molar-refractivity contribution in [2.75, 3.05) is 5.32 Å². The highest BCUT2D eigenvalue weighted by Gasteiger charge is 2.28. The number of anilines is 1. The molecule has 0 bridgehead atoms. The van der Waals surface area contributed by atoms with Gasteiger partial charge >= 0.3 is 5.97 Å². The largest absolute Gasteiger partial charge is 0.422 e. The van der Waals surface area contributed by atoms with Crippen LogP contribution in [0, 0.1) is 0 Å². The lowest BCUT2D eigenvalue weighted by Crippen LogP contribution is -2.11. The van der Waals surface area contributed by atoms with Crippen LogP contribution in [0.1, 0.15) is 15.2 Å². The number of thiophene rings is 1. The summed E-state index contributed by atoms with van der Waals surface area (Å²) < 4.78 is 33.2. The molecule has 0 unspecified atom stereocenters. The number of hydrogen-bond donors (Lipinski definition) is 1. The molecule has 6 nitrogen and oxygen atoms in total. The number of sulfonamides is 1. The monoisotopic (exact) mass is 384 g/mol. The van der Waals surface area contributed by atoms with E-state index < -0.39 is 16.0 Å². The predicted molar refractivity (Wildman–Crippen MR) is 99.5 cm³/mol. The molecule has 0 radical (unpaired) electrons. The molecule has 1 aliphatic rings. The van der Waals surface area contributed by atoms with E-state index in [-0.39, 0.29) is 10.7 Å². The zero-order valence-corrected chi connectivity index (χ0v) is 14.9. The van der Waals surface area contributed by atoms with Crippen molar-refractivity contribution in [1.82, 2.24) is 0 Å². The number of rotatable bonds is 3. The van der Waals surface area contributed by atoms with E-state index in [1.807, 2.05) is 0 Å². The Bertz CT molecular complexity index is 1100. The Morgan fingerprint density at radius 2 is 1.77 bits per heavy atom. The first-order valence-electron chi connectivity index (χ1n) is 7.60. The summed E-state index contributed by atoms with van der Waals surface area (Å²) in [6, 6.07) is 16.7. The van der Waals surface area contributed by atoms with Crippen molar-refractivity contribution in [3.63, 3.8) is 0 Å². The lowest BCUT2D eigenvalue weighted by molar-refractivity contribution is 0.0740. The summed E-state index contributed by atoms with van der Waals surface area (Å²) in [6.45, 7) is 0. The molecule has 0 fully saturated rings. The van der Waals surface area contributed by atoms with Crippen LogP contribution >= 0.6 is 11.3 Å². The molecule has 1 aromatic heterocycles. The van der Waals surface area contributed by atoms with Gasteiger partial charge in [0.05, 0.1) is 0 Å². The number of carbonyl (C=O) groups is 1. The van der Waals surface area contributed by atoms with Crippen LogP contribution in [-0.2, 0) is 10.0 Å². The molecular formula is C18H12N2O4S2. The van der Waals surface area contributed by atoms with Crippen molar-refractivity contribution in [2.45, 2.75) is 4.90 Å². The average molecular weight is 384 g/mol. The molecule has 1 aliphatic heterocycles. The molecule has 1 N–H and O–H groups in total. The van der Waals surface area contributed by atoms with Crippen molar-refractivity contribution in [2.24, 2.45) is 4.40 Å². The van der Waals surface area contributed by atoms with E-state index in [4.69, 9.17) is 4.74 Å². The molecule has 0 amide bonds. The zero-order valence-electron chi connectivity index (χ0n) is 13.2. The normalized spacial score (nSPS) is 14.4. The summed E-state index contributed by atoms with van der Waals surface area (Å²) in [5.41, 5.74) is 1.16. The molecule has 2 aromatic carbocycles. The van der Waals surface area contributed by atoms with Crippen LogP contribution in [0.3, 0.4) is 0 Å². The number of esters is 1. The van der Waals surface area contributed by atoms with Crippen LogP contribution in [0.5, 0.6) is 5.75 Å². The second-order valence-corrected chi connectivity index (χ2v) is 7.95. The van der Waals surface area contributed by atoms with Gasteiger partial charge in [-0.15, -0.1) is 15.7 Å². The van der Waals surface area contributed by atoms with Crippen LogP contribution in [0.15, 0.2) is 75.3 Å². The molecule has 0 saturated heterocycles. The summed E-state index contributed by atoms with van der Waals surface area (Å²) in [5, 5.41) is 4.80. The molecule has 3 aromatic rings. The third-order valence-electron chi connectivity index (χ3n) is 3.68. The summed E-state index contributed by atoms with van der Waals surface area (Å²) in [5.74, 6) is 0.250. The molecule has 130 valence electrons. The second kappa shape index (κ2) is 6.40. The number of nitrogens with zero attached hydrogens (tertiary/aromatic N) is 1. The fourth-order valence-corrected chi connectivity index (χ4v) is 4.27. The van der Waals surface area contributed by atoms with Crippen LogP contribution in [0.25, 0.3) is 0 Å². The van der Waals surface area contributed by atoms with Crippen LogP contribution in [0.4, 0.5) is 5.69 Å². The zero-order chi connectivity index (χ0) is 18.1. The Labute approximate surface area is 153 Å². The van der Waals surface area contributed by atoms with Gasteiger partial charge in [0.25, 0.3) is 10.0 Å². The third kappa shape index (κ3) is 3.12. The smallest absolute Gasteiger partial charge is 0.353 e. The number of fused-ring (bicyclic) bond motifs is 1. The van der Waals surface area contributed by atoms with Crippen LogP contribution in [0.2, 0.25) is 0 Å². The highest BCUT2D eigenvalue weighted by Crippen LogP contribution is 2.27. The molecule has 0 spiro atoms. The summed E-state index contributed by atoms with van der Waals surface area (Å²) in [6.07, 6.45) is 0. The molecule has 4 rings (SSSR count). The molecule has 0 aliphatic carbocycles. The maximum atomic E-state index is 12.1. The van der Waals surface area contributed by atoms with Gasteiger partial charge in [0.15, 0.2) is 5.84 Å². The van der Waals surface area contributed by atoms with Crippen molar-refractivity contribution < 1.29 is 17.9 Å². The van der Waals surface area contributed by atoms with Crippen molar-refractivity contribution in [3.8, 4) is 5.75 Å². The van der Waals surface area contributed by atoms with Gasteiger partial charge in [-0.3, -0.25) is 0 Å². The predicted octanol–water partition coefficient (Wildman–Crippen LogP) is 3.53. The van der Waals surface area contributed by atoms with E-state index in [2.05, 4.69) is 9.71 Å². The van der Waals surface area contributed by atoms with Crippen molar-refractivity contribution in [1.29, 1.82) is 0 Å². The Hall–Kier alpha value is -2.97. The first kappa shape index (κ1) is 16.5. The number of nitrogens with one attached hydrogen (secondary N) is 1. The second-order valence-electron chi connectivity index (χ2n) is 5.43. The first-order valence-corrected chi connectivity index (χ1v) is 9.92. The van der Waals surface area contributed by atoms with Gasteiger partial charge in [-0.1, -0.05) is 18.2 Å². The average Bonchev–Trinajstić information content (AvgIpc) is 3.25. The molecular weight excluding hydrogens is 372 g/mol. The third-order valence-corrected chi connectivity index (χ3v) is 5.87. The lowest BCUT2D eigenvalue weighted by Gasteiger charge is -2.08. The highest BCUT2D eigenvalue weighted by atomic mass is 32.2. The Morgan fingerprint density at radius 1 is 1.00 bits per heavy atom. The fourth-order valence-electron chi connectivity index (χ4n) is 2.49. The van der Waals surface area contributed by atoms with Crippen LogP contribution < -0.4 is 10.1 Å². The summed E-state index contributed by atoms with van der Waals surface area (Å²) in [4.78, 5) is 12.6. The molecule has 26 heavy (non-hydrogen) atoms.